The van der Waals surface area contributed by atoms with Gasteiger partial charge in [-0.2, -0.15) is 0 Å². The lowest BCUT2D eigenvalue weighted by Gasteiger charge is -2.10. The number of benzene rings is 3. The Labute approximate surface area is 164 Å². The minimum atomic E-state index is -0.719. The predicted molar refractivity (Wildman–Crippen MR) is 110 cm³/mol. The maximum Gasteiger partial charge on any atom is 0.314 e. The summed E-state index contributed by atoms with van der Waals surface area (Å²) in [7, 11) is 0. The summed E-state index contributed by atoms with van der Waals surface area (Å²) in [5, 5.41) is 5.25. The molecule has 0 aliphatic rings. The van der Waals surface area contributed by atoms with E-state index in [2.05, 4.69) is 10.6 Å². The summed E-state index contributed by atoms with van der Waals surface area (Å²) in [6, 6.07) is 24.2. The number of amides is 2. The van der Waals surface area contributed by atoms with Crippen molar-refractivity contribution in [2.45, 2.75) is 20.0 Å². The summed E-state index contributed by atoms with van der Waals surface area (Å²) in [5.41, 5.74) is 3.22. The summed E-state index contributed by atoms with van der Waals surface area (Å²) in [6.45, 7) is 2.46. The minimum absolute atomic E-state index is 0.464. The molecule has 0 saturated heterocycles. The van der Waals surface area contributed by atoms with Crippen molar-refractivity contribution in [1.29, 1.82) is 0 Å². The maximum absolute atomic E-state index is 12.2. The standard InChI is InChI=1S/C23H22N2O3/c1-2-18-10-6-7-11-21(18)25-23(27)22(26)24-19-12-14-20(15-13-19)28-16-17-8-4-3-5-9-17/h3-15H,2,16H2,1H3,(H,24,26)(H,25,27). The van der Waals surface area contributed by atoms with Crippen LogP contribution in [0.15, 0.2) is 78.9 Å². The minimum Gasteiger partial charge on any atom is -0.489 e. The lowest BCUT2D eigenvalue weighted by atomic mass is 10.1. The normalized spacial score (nSPS) is 10.2. The van der Waals surface area contributed by atoms with Crippen LogP contribution in [0.4, 0.5) is 11.4 Å². The summed E-state index contributed by atoms with van der Waals surface area (Å²) in [6.07, 6.45) is 0.766. The van der Waals surface area contributed by atoms with Gasteiger partial charge in [0.2, 0.25) is 0 Å². The molecule has 2 amide bonds. The lowest BCUT2D eigenvalue weighted by molar-refractivity contribution is -0.133. The predicted octanol–water partition coefficient (Wildman–Crippen LogP) is 4.41. The molecule has 0 aliphatic heterocycles. The molecule has 28 heavy (non-hydrogen) atoms. The van der Waals surface area contributed by atoms with Gasteiger partial charge in [0, 0.05) is 11.4 Å². The largest absolute Gasteiger partial charge is 0.489 e. The molecule has 0 fully saturated rings. The molecule has 0 bridgehead atoms. The summed E-state index contributed by atoms with van der Waals surface area (Å²) >= 11 is 0. The van der Waals surface area contributed by atoms with E-state index in [1.165, 1.54) is 0 Å². The Bertz CT molecular complexity index is 938. The lowest BCUT2D eigenvalue weighted by Crippen LogP contribution is -2.29. The fourth-order valence-corrected chi connectivity index (χ4v) is 2.69. The number of rotatable bonds is 6. The van der Waals surface area contributed by atoms with Crippen LogP contribution in [0.25, 0.3) is 0 Å². The molecule has 0 unspecified atom stereocenters. The van der Waals surface area contributed by atoms with E-state index in [0.717, 1.165) is 17.5 Å². The maximum atomic E-state index is 12.2. The summed E-state index contributed by atoms with van der Waals surface area (Å²) < 4.78 is 5.71. The van der Waals surface area contributed by atoms with Crippen molar-refractivity contribution < 1.29 is 14.3 Å². The Hall–Kier alpha value is -3.60. The van der Waals surface area contributed by atoms with E-state index < -0.39 is 11.8 Å². The monoisotopic (exact) mass is 374 g/mol. The van der Waals surface area contributed by atoms with Crippen molar-refractivity contribution in [2.75, 3.05) is 10.6 Å². The van der Waals surface area contributed by atoms with Crippen molar-refractivity contribution in [3.05, 3.63) is 90.0 Å². The number of ether oxygens (including phenoxy) is 1. The van der Waals surface area contributed by atoms with Crippen molar-refractivity contribution in [1.82, 2.24) is 0 Å². The molecule has 0 radical (unpaired) electrons. The van der Waals surface area contributed by atoms with Gasteiger partial charge in [-0.15, -0.1) is 0 Å². The third kappa shape index (κ3) is 5.20. The summed E-state index contributed by atoms with van der Waals surface area (Å²) in [5.74, 6) is -0.739. The van der Waals surface area contributed by atoms with Crippen molar-refractivity contribution in [3.63, 3.8) is 0 Å². The van der Waals surface area contributed by atoms with Gasteiger partial charge in [0.15, 0.2) is 0 Å². The van der Waals surface area contributed by atoms with Crippen LogP contribution >= 0.6 is 0 Å². The van der Waals surface area contributed by atoms with Crippen molar-refractivity contribution >= 4 is 23.2 Å². The summed E-state index contributed by atoms with van der Waals surface area (Å²) in [4.78, 5) is 24.3. The van der Waals surface area contributed by atoms with Gasteiger partial charge in [-0.1, -0.05) is 55.5 Å². The van der Waals surface area contributed by atoms with E-state index in [0.29, 0.717) is 23.7 Å². The second kappa shape index (κ2) is 9.37. The fraction of sp³-hybridized carbons (Fsp3) is 0.130. The van der Waals surface area contributed by atoms with E-state index in [-0.39, 0.29) is 0 Å². The second-order valence-electron chi connectivity index (χ2n) is 6.22. The highest BCUT2D eigenvalue weighted by molar-refractivity contribution is 6.43. The average molecular weight is 374 g/mol. The zero-order valence-corrected chi connectivity index (χ0v) is 15.6. The molecule has 0 saturated carbocycles. The molecule has 5 heteroatoms. The van der Waals surface area contributed by atoms with Gasteiger partial charge in [-0.05, 0) is 47.9 Å². The molecule has 5 nitrogen and oxygen atoms in total. The third-order valence-corrected chi connectivity index (χ3v) is 4.21. The second-order valence-corrected chi connectivity index (χ2v) is 6.22. The van der Waals surface area contributed by atoms with Gasteiger partial charge in [0.1, 0.15) is 12.4 Å². The molecule has 142 valence electrons. The van der Waals surface area contributed by atoms with Crippen LogP contribution in [-0.4, -0.2) is 11.8 Å². The quantitative estimate of drug-likeness (QED) is 0.628. The van der Waals surface area contributed by atoms with Crippen LogP contribution in [0.5, 0.6) is 5.75 Å². The fourth-order valence-electron chi connectivity index (χ4n) is 2.69. The van der Waals surface area contributed by atoms with E-state index in [4.69, 9.17) is 4.74 Å². The van der Waals surface area contributed by atoms with Crippen LogP contribution in [0.3, 0.4) is 0 Å². The molecule has 0 aliphatic carbocycles. The van der Waals surface area contributed by atoms with Crippen LogP contribution in [-0.2, 0) is 22.6 Å². The Morgan fingerprint density at radius 1 is 0.786 bits per heavy atom. The van der Waals surface area contributed by atoms with E-state index in [1.807, 2.05) is 55.5 Å². The first-order valence-corrected chi connectivity index (χ1v) is 9.12. The molecule has 3 aromatic rings. The first-order valence-electron chi connectivity index (χ1n) is 9.12. The number of hydrogen-bond acceptors (Lipinski definition) is 3. The Morgan fingerprint density at radius 2 is 1.43 bits per heavy atom. The SMILES string of the molecule is CCc1ccccc1NC(=O)C(=O)Nc1ccc(OCc2ccccc2)cc1. The van der Waals surface area contributed by atoms with Crippen LogP contribution in [0, 0.1) is 0 Å². The third-order valence-electron chi connectivity index (χ3n) is 4.21. The molecule has 0 atom stereocenters. The van der Waals surface area contributed by atoms with Gasteiger partial charge in [-0.25, -0.2) is 0 Å². The van der Waals surface area contributed by atoms with Gasteiger partial charge in [-0.3, -0.25) is 9.59 Å². The van der Waals surface area contributed by atoms with Crippen molar-refractivity contribution in [3.8, 4) is 5.75 Å². The first kappa shape index (κ1) is 19.2. The number of nitrogens with one attached hydrogen (secondary N) is 2. The van der Waals surface area contributed by atoms with Gasteiger partial charge in [0.05, 0.1) is 0 Å². The highest BCUT2D eigenvalue weighted by atomic mass is 16.5. The smallest absolute Gasteiger partial charge is 0.314 e. The highest BCUT2D eigenvalue weighted by Gasteiger charge is 2.15. The van der Waals surface area contributed by atoms with Crippen LogP contribution in [0.2, 0.25) is 0 Å². The van der Waals surface area contributed by atoms with E-state index >= 15 is 0 Å². The van der Waals surface area contributed by atoms with Crippen molar-refractivity contribution in [2.24, 2.45) is 0 Å². The van der Waals surface area contributed by atoms with Gasteiger partial charge < -0.3 is 15.4 Å². The molecule has 0 aromatic heterocycles. The van der Waals surface area contributed by atoms with Crippen LogP contribution in [0.1, 0.15) is 18.1 Å². The Kier molecular flexibility index (Phi) is 6.41. The number of carbonyl (C=O) groups is 2. The average Bonchev–Trinajstić information content (AvgIpc) is 2.74. The molecule has 3 rings (SSSR count). The Morgan fingerprint density at radius 3 is 2.14 bits per heavy atom. The molecular formula is C23H22N2O3. The van der Waals surface area contributed by atoms with Gasteiger partial charge in [0.25, 0.3) is 0 Å². The zero-order chi connectivity index (χ0) is 19.8. The molecule has 0 spiro atoms. The Balaban J connectivity index is 1.54. The van der Waals surface area contributed by atoms with Gasteiger partial charge >= 0.3 is 11.8 Å². The molecule has 3 aromatic carbocycles. The highest BCUT2D eigenvalue weighted by Crippen LogP contribution is 2.18. The molecule has 0 heterocycles. The first-order chi connectivity index (χ1) is 13.7. The number of carbonyl (C=O) groups excluding carboxylic acids is 2. The van der Waals surface area contributed by atoms with E-state index in [9.17, 15) is 9.59 Å². The number of hydrogen-bond donors (Lipinski definition) is 2. The number of anilines is 2. The van der Waals surface area contributed by atoms with E-state index in [1.54, 1.807) is 30.3 Å². The number of para-hydroxylation sites is 1. The zero-order valence-electron chi connectivity index (χ0n) is 15.6. The number of aryl methyl sites for hydroxylation is 1. The van der Waals surface area contributed by atoms with Crippen LogP contribution < -0.4 is 15.4 Å². The molecule has 2 N–H and O–H groups in total. The topological polar surface area (TPSA) is 67.4 Å². The molecular weight excluding hydrogens is 352 g/mol.